The summed E-state index contributed by atoms with van der Waals surface area (Å²) in [6, 6.07) is 16.7. The molecule has 8 heteroatoms. The lowest BCUT2D eigenvalue weighted by Gasteiger charge is -2.34. The van der Waals surface area contributed by atoms with Crippen molar-refractivity contribution < 1.29 is 19.1 Å². The van der Waals surface area contributed by atoms with Crippen LogP contribution in [-0.2, 0) is 17.8 Å². The molecule has 2 N–H and O–H groups in total. The second kappa shape index (κ2) is 10.8. The number of carbonyl (C=O) groups excluding carboxylic acids is 3. The Kier molecular flexibility index (Phi) is 7.92. The standard InChI is InChI=1S/C25H32N4O4/c1-25(2,3)33-24(32)27-18-20-11-9-19(10-12-20)17-26-23(31)29-15-13-28(14-16-29)22(30)21-7-5-4-6-8-21/h4-12H,13-18H2,1-3H3,(H,26,31)(H,27,32). The third-order valence-corrected chi connectivity index (χ3v) is 5.18. The molecule has 0 radical (unpaired) electrons. The highest BCUT2D eigenvalue weighted by Gasteiger charge is 2.24. The number of urea groups is 1. The first kappa shape index (κ1) is 24.1. The summed E-state index contributed by atoms with van der Waals surface area (Å²) in [5.74, 6) is -0.00286. The van der Waals surface area contributed by atoms with Gasteiger partial charge in [-0.15, -0.1) is 0 Å². The molecule has 0 aromatic heterocycles. The summed E-state index contributed by atoms with van der Waals surface area (Å²) < 4.78 is 5.22. The second-order valence-electron chi connectivity index (χ2n) is 8.98. The van der Waals surface area contributed by atoms with Crippen LogP contribution >= 0.6 is 0 Å². The molecule has 2 aromatic carbocycles. The first-order valence-electron chi connectivity index (χ1n) is 11.1. The molecule has 0 atom stereocenters. The number of piperazine rings is 1. The van der Waals surface area contributed by atoms with E-state index < -0.39 is 11.7 Å². The van der Waals surface area contributed by atoms with Gasteiger partial charge < -0.3 is 25.2 Å². The molecule has 1 aliphatic heterocycles. The van der Waals surface area contributed by atoms with Crippen molar-refractivity contribution in [3.05, 3.63) is 71.3 Å². The first-order chi connectivity index (χ1) is 15.7. The molecule has 2 aromatic rings. The molecule has 1 heterocycles. The van der Waals surface area contributed by atoms with E-state index in [4.69, 9.17) is 4.74 Å². The van der Waals surface area contributed by atoms with Gasteiger partial charge in [-0.3, -0.25) is 4.79 Å². The molecule has 4 amide bonds. The van der Waals surface area contributed by atoms with Crippen LogP contribution in [0.5, 0.6) is 0 Å². The summed E-state index contributed by atoms with van der Waals surface area (Å²) in [6.07, 6.45) is -0.454. The van der Waals surface area contributed by atoms with Gasteiger partial charge in [-0.25, -0.2) is 9.59 Å². The normalized spacial score (nSPS) is 13.9. The number of alkyl carbamates (subject to hydrolysis) is 1. The number of rotatable bonds is 5. The van der Waals surface area contributed by atoms with Crippen molar-refractivity contribution >= 4 is 18.0 Å². The minimum atomic E-state index is -0.532. The third-order valence-electron chi connectivity index (χ3n) is 5.18. The van der Waals surface area contributed by atoms with Gasteiger partial charge in [0.05, 0.1) is 0 Å². The molecule has 0 unspecified atom stereocenters. The number of benzene rings is 2. The van der Waals surface area contributed by atoms with Crippen LogP contribution < -0.4 is 10.6 Å². The zero-order chi connectivity index (χ0) is 23.8. The van der Waals surface area contributed by atoms with Gasteiger partial charge in [-0.2, -0.15) is 0 Å². The Hall–Kier alpha value is -3.55. The van der Waals surface area contributed by atoms with E-state index in [-0.39, 0.29) is 11.9 Å². The largest absolute Gasteiger partial charge is 0.444 e. The van der Waals surface area contributed by atoms with Crippen LogP contribution in [0.25, 0.3) is 0 Å². The lowest BCUT2D eigenvalue weighted by Crippen LogP contribution is -2.53. The van der Waals surface area contributed by atoms with Crippen LogP contribution in [0.15, 0.2) is 54.6 Å². The van der Waals surface area contributed by atoms with Crippen molar-refractivity contribution in [2.45, 2.75) is 39.5 Å². The number of hydrogen-bond acceptors (Lipinski definition) is 4. The summed E-state index contributed by atoms with van der Waals surface area (Å²) in [4.78, 5) is 40.3. The van der Waals surface area contributed by atoms with Gasteiger partial charge in [-0.1, -0.05) is 42.5 Å². The molecule has 0 spiro atoms. The Morgan fingerprint density at radius 3 is 1.85 bits per heavy atom. The Labute approximate surface area is 194 Å². The van der Waals surface area contributed by atoms with Gasteiger partial charge in [-0.05, 0) is 44.0 Å². The average Bonchev–Trinajstić information content (AvgIpc) is 2.81. The zero-order valence-corrected chi connectivity index (χ0v) is 19.5. The van der Waals surface area contributed by atoms with Crippen LogP contribution in [0.1, 0.15) is 42.3 Å². The molecule has 1 fully saturated rings. The van der Waals surface area contributed by atoms with E-state index in [0.29, 0.717) is 44.8 Å². The molecular weight excluding hydrogens is 420 g/mol. The maximum atomic E-state index is 12.5. The Morgan fingerprint density at radius 2 is 1.30 bits per heavy atom. The van der Waals surface area contributed by atoms with Crippen molar-refractivity contribution in [3.8, 4) is 0 Å². The minimum absolute atomic E-state index is 0.00286. The maximum Gasteiger partial charge on any atom is 0.407 e. The van der Waals surface area contributed by atoms with Gasteiger partial charge in [0.1, 0.15) is 5.60 Å². The second-order valence-corrected chi connectivity index (χ2v) is 8.98. The van der Waals surface area contributed by atoms with E-state index in [1.807, 2.05) is 63.2 Å². The lowest BCUT2D eigenvalue weighted by molar-refractivity contribution is 0.0523. The van der Waals surface area contributed by atoms with Crippen LogP contribution in [0.2, 0.25) is 0 Å². The van der Waals surface area contributed by atoms with Gasteiger partial charge in [0.2, 0.25) is 0 Å². The molecule has 33 heavy (non-hydrogen) atoms. The summed E-state index contributed by atoms with van der Waals surface area (Å²) in [5, 5.41) is 5.66. The van der Waals surface area contributed by atoms with E-state index in [1.54, 1.807) is 21.9 Å². The summed E-state index contributed by atoms with van der Waals surface area (Å²) in [7, 11) is 0. The quantitative estimate of drug-likeness (QED) is 0.728. The molecule has 1 saturated heterocycles. The predicted molar refractivity (Wildman–Crippen MR) is 126 cm³/mol. The molecule has 0 bridgehead atoms. The average molecular weight is 453 g/mol. The van der Waals surface area contributed by atoms with Gasteiger partial charge in [0, 0.05) is 44.8 Å². The van der Waals surface area contributed by atoms with Gasteiger partial charge in [0.15, 0.2) is 0 Å². The smallest absolute Gasteiger partial charge is 0.407 e. The fraction of sp³-hybridized carbons (Fsp3) is 0.400. The van der Waals surface area contributed by atoms with Crippen molar-refractivity contribution in [1.82, 2.24) is 20.4 Å². The summed E-state index contributed by atoms with van der Waals surface area (Å²) in [5.41, 5.74) is 2.04. The first-order valence-corrected chi connectivity index (χ1v) is 11.1. The monoisotopic (exact) mass is 452 g/mol. The minimum Gasteiger partial charge on any atom is -0.444 e. The molecular formula is C25H32N4O4. The van der Waals surface area contributed by atoms with Crippen molar-refractivity contribution in [3.63, 3.8) is 0 Å². The SMILES string of the molecule is CC(C)(C)OC(=O)NCc1ccc(CNC(=O)N2CCN(C(=O)c3ccccc3)CC2)cc1. The molecule has 176 valence electrons. The van der Waals surface area contributed by atoms with Crippen LogP contribution in [0, 0.1) is 0 Å². The van der Waals surface area contributed by atoms with Crippen molar-refractivity contribution in [2.24, 2.45) is 0 Å². The number of carbonyl (C=O) groups is 3. The number of amides is 4. The molecule has 3 rings (SSSR count). The van der Waals surface area contributed by atoms with E-state index in [2.05, 4.69) is 10.6 Å². The number of nitrogens with one attached hydrogen (secondary N) is 2. The Balaban J connectivity index is 1.39. The Bertz CT molecular complexity index is 947. The van der Waals surface area contributed by atoms with Gasteiger partial charge in [0.25, 0.3) is 5.91 Å². The molecule has 0 saturated carbocycles. The van der Waals surface area contributed by atoms with Crippen LogP contribution in [-0.4, -0.2) is 59.6 Å². The van der Waals surface area contributed by atoms with Gasteiger partial charge >= 0.3 is 12.1 Å². The van der Waals surface area contributed by atoms with Crippen molar-refractivity contribution in [1.29, 1.82) is 0 Å². The van der Waals surface area contributed by atoms with Crippen LogP contribution in [0.4, 0.5) is 9.59 Å². The zero-order valence-electron chi connectivity index (χ0n) is 19.5. The van der Waals surface area contributed by atoms with E-state index in [1.165, 1.54) is 0 Å². The molecule has 8 nitrogen and oxygen atoms in total. The number of hydrogen-bond donors (Lipinski definition) is 2. The molecule has 1 aliphatic rings. The molecule has 0 aliphatic carbocycles. The topological polar surface area (TPSA) is 91.0 Å². The third kappa shape index (κ3) is 7.52. The van der Waals surface area contributed by atoms with E-state index >= 15 is 0 Å². The maximum absolute atomic E-state index is 12.5. The fourth-order valence-corrected chi connectivity index (χ4v) is 3.43. The van der Waals surface area contributed by atoms with E-state index in [0.717, 1.165) is 11.1 Å². The number of nitrogens with zero attached hydrogens (tertiary/aromatic N) is 2. The Morgan fingerprint density at radius 1 is 0.788 bits per heavy atom. The lowest BCUT2D eigenvalue weighted by atomic mass is 10.1. The highest BCUT2D eigenvalue weighted by Crippen LogP contribution is 2.10. The fourth-order valence-electron chi connectivity index (χ4n) is 3.43. The predicted octanol–water partition coefficient (Wildman–Crippen LogP) is 3.38. The highest BCUT2D eigenvalue weighted by atomic mass is 16.6. The summed E-state index contributed by atoms with van der Waals surface area (Å²) >= 11 is 0. The number of ether oxygens (including phenoxy) is 1. The van der Waals surface area contributed by atoms with Crippen LogP contribution in [0.3, 0.4) is 0 Å². The van der Waals surface area contributed by atoms with E-state index in [9.17, 15) is 14.4 Å². The summed E-state index contributed by atoms with van der Waals surface area (Å²) in [6.45, 7) is 8.26. The van der Waals surface area contributed by atoms with Crippen molar-refractivity contribution in [2.75, 3.05) is 26.2 Å². The highest BCUT2D eigenvalue weighted by molar-refractivity contribution is 5.94.